The molecule has 1 atom stereocenters. The zero-order valence-corrected chi connectivity index (χ0v) is 8.42. The summed E-state index contributed by atoms with van der Waals surface area (Å²) in [4.78, 5) is 9.27. The number of nitro groups is 1. The maximum absolute atomic E-state index is 13.2. The summed E-state index contributed by atoms with van der Waals surface area (Å²) in [5, 5.41) is 10.3. The van der Waals surface area contributed by atoms with E-state index < -0.39 is 34.4 Å². The highest BCUT2D eigenvalue weighted by Gasteiger charge is 2.63. The minimum atomic E-state index is -6.07. The summed E-state index contributed by atoms with van der Waals surface area (Å²) in [5.74, 6) is -5.61. The first kappa shape index (κ1) is 14.3. The molecular formula is C9H5F6NO2. The molecule has 0 aliphatic carbocycles. The second-order valence-corrected chi connectivity index (χ2v) is 3.34. The Bertz CT molecular complexity index is 459. The van der Waals surface area contributed by atoms with Gasteiger partial charge in [-0.3, -0.25) is 10.1 Å². The Labute approximate surface area is 96.2 Å². The molecule has 100 valence electrons. The lowest BCUT2D eigenvalue weighted by atomic mass is 10.0. The zero-order valence-electron chi connectivity index (χ0n) is 8.42. The molecule has 9 heteroatoms. The molecule has 0 heterocycles. The van der Waals surface area contributed by atoms with Crippen molar-refractivity contribution in [3.63, 3.8) is 0 Å². The molecule has 0 aliphatic heterocycles. The molecule has 3 nitrogen and oxygen atoms in total. The summed E-state index contributed by atoms with van der Waals surface area (Å²) in [6.07, 6.45) is -9.77. The Morgan fingerprint density at radius 1 is 1.17 bits per heavy atom. The van der Waals surface area contributed by atoms with Crippen LogP contribution in [0.3, 0.4) is 0 Å². The van der Waals surface area contributed by atoms with Crippen molar-refractivity contribution in [2.75, 3.05) is 0 Å². The fourth-order valence-electron chi connectivity index (χ4n) is 1.15. The first-order valence-electron chi connectivity index (χ1n) is 4.40. The van der Waals surface area contributed by atoms with Gasteiger partial charge in [-0.1, -0.05) is 12.1 Å². The van der Waals surface area contributed by atoms with Crippen molar-refractivity contribution in [2.24, 2.45) is 0 Å². The summed E-state index contributed by atoms with van der Waals surface area (Å²) in [7, 11) is 0. The van der Waals surface area contributed by atoms with Crippen LogP contribution in [0, 0.1) is 10.1 Å². The lowest BCUT2D eigenvalue weighted by Crippen LogP contribution is -2.40. The minimum Gasteiger partial charge on any atom is -0.258 e. The number of non-ortho nitro benzene ring substituents is 1. The lowest BCUT2D eigenvalue weighted by molar-refractivity contribution is -0.385. The molecule has 0 bridgehead atoms. The van der Waals surface area contributed by atoms with E-state index in [0.717, 1.165) is 12.1 Å². The minimum absolute atomic E-state index is 0.338. The second-order valence-electron chi connectivity index (χ2n) is 3.34. The highest BCUT2D eigenvalue weighted by molar-refractivity contribution is 5.36. The third-order valence-corrected chi connectivity index (χ3v) is 2.07. The number of benzene rings is 1. The Morgan fingerprint density at radius 3 is 2.17 bits per heavy atom. The first-order valence-corrected chi connectivity index (χ1v) is 4.40. The van der Waals surface area contributed by atoms with Crippen LogP contribution in [-0.2, 0) is 0 Å². The number of rotatable bonds is 3. The van der Waals surface area contributed by atoms with Gasteiger partial charge in [0.25, 0.3) is 5.69 Å². The van der Waals surface area contributed by atoms with Gasteiger partial charge >= 0.3 is 12.1 Å². The molecule has 1 unspecified atom stereocenters. The van der Waals surface area contributed by atoms with Crippen LogP contribution in [0.5, 0.6) is 0 Å². The van der Waals surface area contributed by atoms with Crippen LogP contribution < -0.4 is 0 Å². The third-order valence-electron chi connectivity index (χ3n) is 2.07. The normalized spacial score (nSPS) is 14.3. The highest BCUT2D eigenvalue weighted by atomic mass is 19.4. The molecule has 1 aromatic carbocycles. The van der Waals surface area contributed by atoms with Crippen molar-refractivity contribution in [3.8, 4) is 0 Å². The molecular weight excluding hydrogens is 268 g/mol. The molecule has 1 aromatic rings. The predicted molar refractivity (Wildman–Crippen MR) is 47.9 cm³/mol. The summed E-state index contributed by atoms with van der Waals surface area (Å²) in [6.45, 7) is 0. The summed E-state index contributed by atoms with van der Waals surface area (Å²) in [6, 6.07) is 2.64. The molecule has 0 fully saturated rings. The Morgan fingerprint density at radius 2 is 1.72 bits per heavy atom. The molecule has 0 spiro atoms. The number of hydrogen-bond donors (Lipinski definition) is 0. The molecule has 0 N–H and O–H groups in total. The fraction of sp³-hybridized carbons (Fsp3) is 0.333. The average Bonchev–Trinajstić information content (AvgIpc) is 2.26. The topological polar surface area (TPSA) is 43.1 Å². The van der Waals surface area contributed by atoms with E-state index in [0.29, 0.717) is 12.1 Å². The molecule has 18 heavy (non-hydrogen) atoms. The van der Waals surface area contributed by atoms with Gasteiger partial charge in [-0.2, -0.15) is 22.0 Å². The van der Waals surface area contributed by atoms with E-state index in [9.17, 15) is 36.5 Å². The maximum Gasteiger partial charge on any atom is 0.456 e. The molecule has 1 rings (SSSR count). The van der Waals surface area contributed by atoms with E-state index >= 15 is 0 Å². The van der Waals surface area contributed by atoms with Gasteiger partial charge in [-0.15, -0.1) is 0 Å². The van der Waals surface area contributed by atoms with Crippen molar-refractivity contribution in [1.29, 1.82) is 0 Å². The van der Waals surface area contributed by atoms with Crippen LogP contribution in [0.25, 0.3) is 0 Å². The van der Waals surface area contributed by atoms with E-state index in [4.69, 9.17) is 0 Å². The number of halogens is 6. The predicted octanol–water partition coefficient (Wildman–Crippen LogP) is 3.80. The number of hydrogen-bond acceptors (Lipinski definition) is 2. The van der Waals surface area contributed by atoms with Gasteiger partial charge in [0.15, 0.2) is 6.17 Å². The fourth-order valence-corrected chi connectivity index (χ4v) is 1.15. The SMILES string of the molecule is O=[N+]([O-])c1cccc(C(F)C(F)(F)C(F)(F)F)c1. The summed E-state index contributed by atoms with van der Waals surface area (Å²) < 4.78 is 74.2. The van der Waals surface area contributed by atoms with Gasteiger partial charge in [0.1, 0.15) is 0 Å². The van der Waals surface area contributed by atoms with Crippen molar-refractivity contribution >= 4 is 5.69 Å². The molecule has 0 saturated heterocycles. The van der Waals surface area contributed by atoms with Crippen LogP contribution in [-0.4, -0.2) is 17.0 Å². The standard InChI is InChI=1S/C9H5F6NO2/c10-7(8(11,12)9(13,14)15)5-2-1-3-6(4-5)16(17)18/h1-4,7H. The third kappa shape index (κ3) is 2.54. The van der Waals surface area contributed by atoms with Gasteiger partial charge in [0.2, 0.25) is 0 Å². The van der Waals surface area contributed by atoms with Gasteiger partial charge < -0.3 is 0 Å². The molecule has 0 radical (unpaired) electrons. The summed E-state index contributed by atoms with van der Waals surface area (Å²) in [5.41, 5.74) is -1.88. The van der Waals surface area contributed by atoms with Crippen LogP contribution in [0.15, 0.2) is 24.3 Å². The molecule has 0 saturated carbocycles. The number of nitrogens with zero attached hydrogens (tertiary/aromatic N) is 1. The average molecular weight is 273 g/mol. The van der Waals surface area contributed by atoms with E-state index in [1.165, 1.54) is 0 Å². The van der Waals surface area contributed by atoms with Gasteiger partial charge in [-0.05, 0) is 5.56 Å². The van der Waals surface area contributed by atoms with Crippen molar-refractivity contribution < 1.29 is 31.3 Å². The van der Waals surface area contributed by atoms with Crippen molar-refractivity contribution in [1.82, 2.24) is 0 Å². The summed E-state index contributed by atoms with van der Waals surface area (Å²) >= 11 is 0. The Kier molecular flexibility index (Phi) is 3.54. The number of nitro benzene ring substituents is 1. The van der Waals surface area contributed by atoms with Crippen LogP contribution in [0.1, 0.15) is 11.7 Å². The lowest BCUT2D eigenvalue weighted by Gasteiger charge is -2.23. The van der Waals surface area contributed by atoms with E-state index in [1.54, 1.807) is 0 Å². The van der Waals surface area contributed by atoms with Crippen LogP contribution >= 0.6 is 0 Å². The smallest absolute Gasteiger partial charge is 0.258 e. The maximum atomic E-state index is 13.2. The van der Waals surface area contributed by atoms with E-state index in [1.807, 2.05) is 0 Å². The Balaban J connectivity index is 3.15. The molecule has 0 amide bonds. The largest absolute Gasteiger partial charge is 0.456 e. The monoisotopic (exact) mass is 273 g/mol. The van der Waals surface area contributed by atoms with Crippen LogP contribution in [0.4, 0.5) is 32.0 Å². The van der Waals surface area contributed by atoms with Crippen LogP contribution in [0.2, 0.25) is 0 Å². The Hall–Kier alpha value is -1.80. The number of alkyl halides is 6. The van der Waals surface area contributed by atoms with Crippen molar-refractivity contribution in [2.45, 2.75) is 18.3 Å². The van der Waals surface area contributed by atoms with Gasteiger partial charge in [0.05, 0.1) is 4.92 Å². The molecule has 0 aliphatic rings. The van der Waals surface area contributed by atoms with Gasteiger partial charge in [-0.25, -0.2) is 4.39 Å². The van der Waals surface area contributed by atoms with E-state index in [-0.39, 0.29) is 0 Å². The molecule has 0 aromatic heterocycles. The second kappa shape index (κ2) is 4.46. The van der Waals surface area contributed by atoms with Crippen molar-refractivity contribution in [3.05, 3.63) is 39.9 Å². The first-order chi connectivity index (χ1) is 8.07. The zero-order chi connectivity index (χ0) is 14.1. The quantitative estimate of drug-likeness (QED) is 0.477. The van der Waals surface area contributed by atoms with Gasteiger partial charge in [0, 0.05) is 12.1 Å². The highest BCUT2D eigenvalue weighted by Crippen LogP contribution is 2.46. The van der Waals surface area contributed by atoms with E-state index in [2.05, 4.69) is 0 Å².